The van der Waals surface area contributed by atoms with Gasteiger partial charge in [-0.1, -0.05) is 0 Å². The van der Waals surface area contributed by atoms with Crippen LogP contribution in [-0.4, -0.2) is 35.9 Å². The Morgan fingerprint density at radius 2 is 2.17 bits per heavy atom. The van der Waals surface area contributed by atoms with Gasteiger partial charge in [-0.3, -0.25) is 0 Å². The number of hydrogen-bond donors (Lipinski definition) is 2. The van der Waals surface area contributed by atoms with Gasteiger partial charge in [0.25, 0.3) is 0 Å². The average molecular weight is 445 g/mol. The minimum atomic E-state index is -0.0932. The standard InChI is InChI=1S/C15H19Br2N5O/c1-8(2)22-12-4-11(16)13(17)10(6-19)14(12)21-15(22)20-7-9(5-18)23-3/h4,8-9H,5,7,18H2,1-3H3,(H,20,21). The molecule has 0 bridgehead atoms. The van der Waals surface area contributed by atoms with E-state index >= 15 is 0 Å². The molecular formula is C15H19Br2N5O. The second-order valence-corrected chi connectivity index (χ2v) is 7.05. The minimum Gasteiger partial charge on any atom is -0.378 e. The number of imidazole rings is 1. The van der Waals surface area contributed by atoms with E-state index in [1.54, 1.807) is 7.11 Å². The first-order valence-electron chi connectivity index (χ1n) is 7.21. The van der Waals surface area contributed by atoms with E-state index in [1.165, 1.54) is 0 Å². The summed E-state index contributed by atoms with van der Waals surface area (Å²) in [6.45, 7) is 5.12. The number of nitriles is 1. The predicted octanol–water partition coefficient (Wildman–Crippen LogP) is 3.40. The highest BCUT2D eigenvalue weighted by atomic mass is 79.9. The van der Waals surface area contributed by atoms with Gasteiger partial charge in [0.1, 0.15) is 11.6 Å². The van der Waals surface area contributed by atoms with Gasteiger partial charge in [-0.05, 0) is 51.8 Å². The van der Waals surface area contributed by atoms with Crippen LogP contribution in [-0.2, 0) is 4.74 Å². The lowest BCUT2D eigenvalue weighted by Crippen LogP contribution is -2.30. The quantitative estimate of drug-likeness (QED) is 0.712. The van der Waals surface area contributed by atoms with Crippen LogP contribution in [0.15, 0.2) is 15.0 Å². The highest BCUT2D eigenvalue weighted by Gasteiger charge is 2.20. The van der Waals surface area contributed by atoms with Crippen molar-refractivity contribution in [2.75, 3.05) is 25.5 Å². The highest BCUT2D eigenvalue weighted by Crippen LogP contribution is 2.35. The first-order chi connectivity index (χ1) is 10.9. The molecule has 6 nitrogen and oxygen atoms in total. The molecule has 0 spiro atoms. The van der Waals surface area contributed by atoms with E-state index in [1.807, 2.05) is 6.07 Å². The fraction of sp³-hybridized carbons (Fsp3) is 0.467. The first-order valence-corrected chi connectivity index (χ1v) is 8.79. The third-order valence-corrected chi connectivity index (χ3v) is 5.57. The molecule has 2 rings (SSSR count). The lowest BCUT2D eigenvalue weighted by molar-refractivity contribution is 0.120. The van der Waals surface area contributed by atoms with Crippen molar-refractivity contribution in [2.24, 2.45) is 5.73 Å². The molecule has 1 atom stereocenters. The smallest absolute Gasteiger partial charge is 0.204 e. The number of benzene rings is 1. The van der Waals surface area contributed by atoms with Crippen LogP contribution in [0.3, 0.4) is 0 Å². The number of ether oxygens (including phenoxy) is 1. The van der Waals surface area contributed by atoms with Crippen molar-refractivity contribution in [3.05, 3.63) is 20.6 Å². The number of nitrogens with two attached hydrogens (primary N) is 1. The number of anilines is 1. The predicted molar refractivity (Wildman–Crippen MR) is 98.6 cm³/mol. The van der Waals surface area contributed by atoms with E-state index in [-0.39, 0.29) is 12.1 Å². The van der Waals surface area contributed by atoms with Crippen molar-refractivity contribution in [1.29, 1.82) is 5.26 Å². The molecule has 0 aliphatic carbocycles. The largest absolute Gasteiger partial charge is 0.378 e. The summed E-state index contributed by atoms with van der Waals surface area (Å²) in [5.74, 6) is 0.701. The van der Waals surface area contributed by atoms with Crippen LogP contribution >= 0.6 is 31.9 Å². The second-order valence-electron chi connectivity index (χ2n) is 5.40. The number of nitrogens with one attached hydrogen (secondary N) is 1. The Labute approximate surface area is 152 Å². The fourth-order valence-corrected chi connectivity index (χ4v) is 3.20. The number of hydrogen-bond acceptors (Lipinski definition) is 5. The van der Waals surface area contributed by atoms with Gasteiger partial charge in [-0.15, -0.1) is 0 Å². The number of methoxy groups -OCH3 is 1. The van der Waals surface area contributed by atoms with Crippen molar-refractivity contribution < 1.29 is 4.74 Å². The molecule has 0 radical (unpaired) electrons. The summed E-state index contributed by atoms with van der Waals surface area (Å²) in [4.78, 5) is 4.63. The zero-order valence-corrected chi connectivity index (χ0v) is 16.4. The number of aromatic nitrogens is 2. The summed E-state index contributed by atoms with van der Waals surface area (Å²) in [5, 5.41) is 12.7. The summed E-state index contributed by atoms with van der Waals surface area (Å²) in [6, 6.07) is 4.37. The molecule has 23 heavy (non-hydrogen) atoms. The topological polar surface area (TPSA) is 88.9 Å². The average Bonchev–Trinajstić information content (AvgIpc) is 2.87. The van der Waals surface area contributed by atoms with Crippen LogP contribution < -0.4 is 11.1 Å². The Kier molecular flexibility index (Phi) is 6.03. The maximum atomic E-state index is 9.47. The second kappa shape index (κ2) is 7.62. The molecule has 0 aliphatic heterocycles. The summed E-state index contributed by atoms with van der Waals surface area (Å²) in [5.41, 5.74) is 7.74. The Bertz CT molecular complexity index is 747. The number of halogens is 2. The Hall–Kier alpha value is -1.14. The zero-order chi connectivity index (χ0) is 17.1. The van der Waals surface area contributed by atoms with Gasteiger partial charge in [0.2, 0.25) is 5.95 Å². The molecule has 124 valence electrons. The van der Waals surface area contributed by atoms with Gasteiger partial charge in [0, 0.05) is 30.7 Å². The van der Waals surface area contributed by atoms with Crippen LogP contribution in [0.4, 0.5) is 5.95 Å². The fourth-order valence-electron chi connectivity index (χ4n) is 2.39. The van der Waals surface area contributed by atoms with Crippen LogP contribution in [0.5, 0.6) is 0 Å². The molecule has 0 saturated heterocycles. The maximum absolute atomic E-state index is 9.47. The van der Waals surface area contributed by atoms with Gasteiger partial charge in [-0.2, -0.15) is 5.26 Å². The molecule has 1 unspecified atom stereocenters. The SMILES string of the molecule is COC(CN)CNc1nc2c(C#N)c(Br)c(Br)cc2n1C(C)C. The van der Waals surface area contributed by atoms with Crippen LogP contribution in [0.25, 0.3) is 11.0 Å². The molecule has 2 aromatic rings. The van der Waals surface area contributed by atoms with E-state index in [2.05, 4.69) is 66.6 Å². The molecule has 1 heterocycles. The molecule has 8 heteroatoms. The van der Waals surface area contributed by atoms with Gasteiger partial charge in [0.15, 0.2) is 0 Å². The van der Waals surface area contributed by atoms with Gasteiger partial charge >= 0.3 is 0 Å². The summed E-state index contributed by atoms with van der Waals surface area (Å²) < 4.78 is 8.89. The third-order valence-electron chi connectivity index (χ3n) is 3.59. The molecule has 0 amide bonds. The normalized spacial score (nSPS) is 12.6. The first kappa shape index (κ1) is 18.2. The lowest BCUT2D eigenvalue weighted by atomic mass is 10.2. The zero-order valence-electron chi connectivity index (χ0n) is 13.2. The molecule has 1 aromatic heterocycles. The molecule has 1 aromatic carbocycles. The number of fused-ring (bicyclic) bond motifs is 1. The van der Waals surface area contributed by atoms with E-state index in [9.17, 15) is 5.26 Å². The number of rotatable bonds is 6. The molecule has 3 N–H and O–H groups in total. The van der Waals surface area contributed by atoms with Gasteiger partial charge in [0.05, 0.1) is 21.7 Å². The van der Waals surface area contributed by atoms with Crippen LogP contribution in [0.2, 0.25) is 0 Å². The molecule has 0 saturated carbocycles. The van der Waals surface area contributed by atoms with Gasteiger partial charge < -0.3 is 20.4 Å². The van der Waals surface area contributed by atoms with E-state index in [0.29, 0.717) is 34.6 Å². The molecule has 0 aliphatic rings. The van der Waals surface area contributed by atoms with Crippen molar-refractivity contribution >= 4 is 48.8 Å². The molecular weight excluding hydrogens is 426 g/mol. The summed E-state index contributed by atoms with van der Waals surface area (Å²) in [7, 11) is 1.63. The van der Waals surface area contributed by atoms with Crippen LogP contribution in [0, 0.1) is 11.3 Å². The monoisotopic (exact) mass is 443 g/mol. The van der Waals surface area contributed by atoms with E-state index < -0.39 is 0 Å². The van der Waals surface area contributed by atoms with Crippen molar-refractivity contribution in [1.82, 2.24) is 9.55 Å². The minimum absolute atomic E-state index is 0.0932. The van der Waals surface area contributed by atoms with Crippen LogP contribution in [0.1, 0.15) is 25.5 Å². The summed E-state index contributed by atoms with van der Waals surface area (Å²) >= 11 is 6.93. The maximum Gasteiger partial charge on any atom is 0.204 e. The van der Waals surface area contributed by atoms with Crippen molar-refractivity contribution in [2.45, 2.75) is 26.0 Å². The number of nitrogens with zero attached hydrogens (tertiary/aromatic N) is 3. The van der Waals surface area contributed by atoms with Crippen molar-refractivity contribution in [3.8, 4) is 6.07 Å². The van der Waals surface area contributed by atoms with E-state index in [0.717, 1.165) is 9.99 Å². The Morgan fingerprint density at radius 3 is 2.70 bits per heavy atom. The lowest BCUT2D eigenvalue weighted by Gasteiger charge is -2.17. The van der Waals surface area contributed by atoms with Gasteiger partial charge in [-0.25, -0.2) is 4.98 Å². The Morgan fingerprint density at radius 1 is 1.48 bits per heavy atom. The summed E-state index contributed by atoms with van der Waals surface area (Å²) in [6.07, 6.45) is -0.0932. The van der Waals surface area contributed by atoms with E-state index in [4.69, 9.17) is 10.5 Å². The third kappa shape index (κ3) is 3.53. The highest BCUT2D eigenvalue weighted by molar-refractivity contribution is 9.13. The van der Waals surface area contributed by atoms with Crippen molar-refractivity contribution in [3.63, 3.8) is 0 Å². The molecule has 0 fully saturated rings. The Balaban J connectivity index is 2.57.